The Labute approximate surface area is 149 Å². The van der Waals surface area contributed by atoms with Crippen LogP contribution >= 0.6 is 24.0 Å². The molecular weight excluding hydrogens is 336 g/mol. The van der Waals surface area contributed by atoms with Gasteiger partial charge in [0.1, 0.15) is 0 Å². The van der Waals surface area contributed by atoms with Gasteiger partial charge in [0, 0.05) is 6.20 Å². The summed E-state index contributed by atoms with van der Waals surface area (Å²) in [6.07, 6.45) is 3.48. The number of nitrogens with zero attached hydrogens (tertiary/aromatic N) is 2. The number of aromatic nitrogens is 1. The molecule has 0 N–H and O–H groups in total. The molecule has 1 aliphatic rings. The van der Waals surface area contributed by atoms with E-state index in [0.29, 0.717) is 9.23 Å². The van der Waals surface area contributed by atoms with E-state index in [1.165, 1.54) is 11.8 Å². The first-order chi connectivity index (χ1) is 11.7. The zero-order chi connectivity index (χ0) is 16.5. The van der Waals surface area contributed by atoms with Gasteiger partial charge in [-0.05, 0) is 41.1 Å². The summed E-state index contributed by atoms with van der Waals surface area (Å²) in [5.74, 6) is -0.106. The zero-order valence-corrected chi connectivity index (χ0v) is 14.2. The lowest BCUT2D eigenvalue weighted by molar-refractivity contribution is -0.113. The van der Waals surface area contributed by atoms with Crippen molar-refractivity contribution in [1.29, 1.82) is 0 Å². The van der Waals surface area contributed by atoms with Crippen molar-refractivity contribution in [2.24, 2.45) is 0 Å². The van der Waals surface area contributed by atoms with Crippen LogP contribution in [-0.4, -0.2) is 15.2 Å². The Balaban J connectivity index is 1.71. The number of hydrogen-bond donors (Lipinski definition) is 0. The van der Waals surface area contributed by atoms with Crippen LogP contribution in [0, 0.1) is 0 Å². The molecule has 2 heterocycles. The highest BCUT2D eigenvalue weighted by atomic mass is 32.2. The summed E-state index contributed by atoms with van der Waals surface area (Å²) < 4.78 is 0.539. The van der Waals surface area contributed by atoms with Gasteiger partial charge >= 0.3 is 0 Å². The van der Waals surface area contributed by atoms with E-state index in [1.54, 1.807) is 17.2 Å². The highest BCUT2D eigenvalue weighted by Crippen LogP contribution is 2.36. The number of carbonyl (C=O) groups is 1. The summed E-state index contributed by atoms with van der Waals surface area (Å²) in [5.41, 5.74) is 1.54. The van der Waals surface area contributed by atoms with Gasteiger partial charge in [-0.15, -0.1) is 0 Å². The minimum atomic E-state index is -0.106. The molecule has 1 saturated heterocycles. The number of carbonyl (C=O) groups excluding carboxylic acids is 1. The second kappa shape index (κ2) is 6.19. The minimum Gasteiger partial charge on any atom is -0.268 e. The van der Waals surface area contributed by atoms with Crippen molar-refractivity contribution in [2.75, 3.05) is 4.90 Å². The smallest absolute Gasteiger partial charge is 0.268 e. The molecule has 3 aromatic rings. The Bertz CT molecular complexity index is 983. The normalized spacial score (nSPS) is 16.3. The largest absolute Gasteiger partial charge is 0.270 e. The third kappa shape index (κ3) is 2.72. The van der Waals surface area contributed by atoms with Crippen LogP contribution in [-0.2, 0) is 4.79 Å². The molecule has 1 amide bonds. The SMILES string of the molecule is O=C1/C(=C/c2ccccn2)SC(=S)N1c1ccc2ccccc2c1. The predicted octanol–water partition coefficient (Wildman–Crippen LogP) is 4.64. The topological polar surface area (TPSA) is 33.2 Å². The van der Waals surface area contributed by atoms with E-state index in [-0.39, 0.29) is 5.91 Å². The van der Waals surface area contributed by atoms with Gasteiger partial charge in [0.05, 0.1) is 16.3 Å². The first-order valence-corrected chi connectivity index (χ1v) is 8.63. The second-order valence-electron chi connectivity index (χ2n) is 5.30. The third-order valence-electron chi connectivity index (χ3n) is 3.75. The van der Waals surface area contributed by atoms with Crippen molar-refractivity contribution in [3.8, 4) is 0 Å². The van der Waals surface area contributed by atoms with Gasteiger partial charge in [0.15, 0.2) is 4.32 Å². The lowest BCUT2D eigenvalue weighted by Crippen LogP contribution is -2.27. The summed E-state index contributed by atoms with van der Waals surface area (Å²) in [6, 6.07) is 19.6. The van der Waals surface area contributed by atoms with Crippen LogP contribution in [0.1, 0.15) is 5.69 Å². The molecule has 0 bridgehead atoms. The Morgan fingerprint density at radius 3 is 2.58 bits per heavy atom. The Hall–Kier alpha value is -2.50. The van der Waals surface area contributed by atoms with Gasteiger partial charge in [-0.25, -0.2) is 0 Å². The van der Waals surface area contributed by atoms with E-state index in [9.17, 15) is 4.79 Å². The van der Waals surface area contributed by atoms with E-state index in [2.05, 4.69) is 4.98 Å². The van der Waals surface area contributed by atoms with Crippen LogP contribution < -0.4 is 4.90 Å². The van der Waals surface area contributed by atoms with Gasteiger partial charge in [-0.3, -0.25) is 14.7 Å². The van der Waals surface area contributed by atoms with Crippen LogP contribution in [0.4, 0.5) is 5.69 Å². The fourth-order valence-corrected chi connectivity index (χ4v) is 3.89. The molecule has 0 aliphatic carbocycles. The molecule has 4 rings (SSSR count). The van der Waals surface area contributed by atoms with Crippen molar-refractivity contribution < 1.29 is 4.79 Å². The van der Waals surface area contributed by atoms with E-state index in [0.717, 1.165) is 22.2 Å². The zero-order valence-electron chi connectivity index (χ0n) is 12.5. The van der Waals surface area contributed by atoms with Crippen LogP contribution in [0.25, 0.3) is 16.8 Å². The fraction of sp³-hybridized carbons (Fsp3) is 0. The molecule has 0 saturated carbocycles. The first-order valence-electron chi connectivity index (χ1n) is 7.40. The summed E-state index contributed by atoms with van der Waals surface area (Å²) in [4.78, 5) is 19.2. The molecule has 5 heteroatoms. The molecule has 116 valence electrons. The first kappa shape index (κ1) is 15.1. The maximum Gasteiger partial charge on any atom is 0.270 e. The molecule has 2 aromatic carbocycles. The van der Waals surface area contributed by atoms with Crippen molar-refractivity contribution in [2.45, 2.75) is 0 Å². The van der Waals surface area contributed by atoms with Crippen molar-refractivity contribution in [3.63, 3.8) is 0 Å². The van der Waals surface area contributed by atoms with Gasteiger partial charge in [-0.2, -0.15) is 0 Å². The second-order valence-corrected chi connectivity index (χ2v) is 6.98. The molecule has 0 atom stereocenters. The van der Waals surface area contributed by atoms with Crippen molar-refractivity contribution in [3.05, 3.63) is 77.5 Å². The molecular formula is C19H12N2OS2. The molecule has 24 heavy (non-hydrogen) atoms. The predicted molar refractivity (Wildman–Crippen MR) is 104 cm³/mol. The van der Waals surface area contributed by atoms with E-state index in [1.807, 2.05) is 60.7 Å². The van der Waals surface area contributed by atoms with Crippen molar-refractivity contribution >= 4 is 56.7 Å². The minimum absolute atomic E-state index is 0.106. The molecule has 0 unspecified atom stereocenters. The summed E-state index contributed by atoms with van der Waals surface area (Å²) in [5, 5.41) is 2.22. The Kier molecular flexibility index (Phi) is 3.88. The number of fused-ring (bicyclic) bond motifs is 1. The Morgan fingerprint density at radius 1 is 1.00 bits per heavy atom. The monoisotopic (exact) mass is 348 g/mol. The molecule has 0 radical (unpaired) electrons. The van der Waals surface area contributed by atoms with Gasteiger partial charge in [0.2, 0.25) is 0 Å². The highest BCUT2D eigenvalue weighted by molar-refractivity contribution is 8.27. The lowest BCUT2D eigenvalue weighted by atomic mass is 10.1. The van der Waals surface area contributed by atoms with Crippen LogP contribution in [0.2, 0.25) is 0 Å². The average molecular weight is 348 g/mol. The van der Waals surface area contributed by atoms with E-state index < -0.39 is 0 Å². The third-order valence-corrected chi connectivity index (χ3v) is 5.05. The van der Waals surface area contributed by atoms with Crippen LogP contribution in [0.3, 0.4) is 0 Å². The maximum atomic E-state index is 12.8. The van der Waals surface area contributed by atoms with Crippen LogP contribution in [0.15, 0.2) is 71.8 Å². The average Bonchev–Trinajstić information content (AvgIpc) is 2.89. The summed E-state index contributed by atoms with van der Waals surface area (Å²) >= 11 is 6.73. The number of pyridine rings is 1. The number of rotatable bonds is 2. The van der Waals surface area contributed by atoms with Crippen LogP contribution in [0.5, 0.6) is 0 Å². The number of thiocarbonyl (C=S) groups is 1. The molecule has 1 aliphatic heterocycles. The maximum absolute atomic E-state index is 12.8. The number of benzene rings is 2. The molecule has 3 nitrogen and oxygen atoms in total. The van der Waals surface area contributed by atoms with E-state index in [4.69, 9.17) is 12.2 Å². The van der Waals surface area contributed by atoms with Crippen molar-refractivity contribution in [1.82, 2.24) is 4.98 Å². The van der Waals surface area contributed by atoms with Gasteiger partial charge in [0.25, 0.3) is 5.91 Å². The number of amides is 1. The Morgan fingerprint density at radius 2 is 1.79 bits per heavy atom. The number of thioether (sulfide) groups is 1. The molecule has 1 aromatic heterocycles. The number of hydrogen-bond acceptors (Lipinski definition) is 4. The summed E-state index contributed by atoms with van der Waals surface area (Å²) in [7, 11) is 0. The lowest BCUT2D eigenvalue weighted by Gasteiger charge is -2.15. The van der Waals surface area contributed by atoms with Gasteiger partial charge < -0.3 is 0 Å². The summed E-state index contributed by atoms with van der Waals surface area (Å²) in [6.45, 7) is 0. The highest BCUT2D eigenvalue weighted by Gasteiger charge is 2.33. The standard InChI is InChI=1S/C19H12N2OS2/c22-18-17(12-15-7-3-4-10-20-15)24-19(23)21(18)16-9-8-13-5-1-2-6-14(13)11-16/h1-12H/b17-12-. The van der Waals surface area contributed by atoms with Gasteiger partial charge in [-0.1, -0.05) is 60.4 Å². The fourth-order valence-electron chi connectivity index (χ4n) is 2.60. The number of anilines is 1. The van der Waals surface area contributed by atoms with E-state index >= 15 is 0 Å². The molecule has 1 fully saturated rings. The quantitative estimate of drug-likeness (QED) is 0.499. The molecule has 0 spiro atoms.